The van der Waals surface area contributed by atoms with Crippen LogP contribution in [-0.2, 0) is 10.0 Å². The number of sulfonamides is 1. The molecule has 7 nitrogen and oxygen atoms in total. The second-order valence-electron chi connectivity index (χ2n) is 7.76. The molecule has 3 aromatic rings. The van der Waals surface area contributed by atoms with Crippen LogP contribution in [-0.4, -0.2) is 28.5 Å². The predicted octanol–water partition coefficient (Wildman–Crippen LogP) is 4.61. The molecule has 0 heterocycles. The average Bonchev–Trinajstić information content (AvgIpc) is 2.78. The number of carbonyl (C=O) groups is 1. The standard InChI is InChI=1S/C25H28N2O5S/c1-16-7-6-8-21(13-16)27-33(29,30)24-15-20(10-9-17(24)2)25(28)26-18(3)19-11-12-22(31-4)23(14-19)32-5/h6-15,18,27H,1-5H3,(H,26,28)/t18-/m1/s1. The summed E-state index contributed by atoms with van der Waals surface area (Å²) in [6.45, 7) is 5.41. The molecule has 0 saturated heterocycles. The zero-order chi connectivity index (χ0) is 24.2. The topological polar surface area (TPSA) is 93.7 Å². The quantitative estimate of drug-likeness (QED) is 0.503. The van der Waals surface area contributed by atoms with Crippen LogP contribution in [0.4, 0.5) is 5.69 Å². The number of anilines is 1. The van der Waals surface area contributed by atoms with Crippen molar-refractivity contribution in [2.24, 2.45) is 0 Å². The van der Waals surface area contributed by atoms with Crippen LogP contribution in [0.25, 0.3) is 0 Å². The van der Waals surface area contributed by atoms with Crippen molar-refractivity contribution in [1.82, 2.24) is 5.32 Å². The number of hydrogen-bond acceptors (Lipinski definition) is 5. The molecule has 174 valence electrons. The van der Waals surface area contributed by atoms with Gasteiger partial charge in [-0.25, -0.2) is 8.42 Å². The van der Waals surface area contributed by atoms with Crippen LogP contribution in [0.1, 0.15) is 40.0 Å². The molecule has 2 N–H and O–H groups in total. The van der Waals surface area contributed by atoms with Gasteiger partial charge in [0.1, 0.15) is 0 Å². The molecule has 0 fully saturated rings. The zero-order valence-electron chi connectivity index (χ0n) is 19.3. The first kappa shape index (κ1) is 24.1. The predicted molar refractivity (Wildman–Crippen MR) is 129 cm³/mol. The Morgan fingerprint density at radius 1 is 0.909 bits per heavy atom. The molecule has 0 spiro atoms. The van der Waals surface area contributed by atoms with Crippen molar-refractivity contribution >= 4 is 21.6 Å². The minimum atomic E-state index is -3.87. The van der Waals surface area contributed by atoms with Gasteiger partial charge in [-0.05, 0) is 73.9 Å². The lowest BCUT2D eigenvalue weighted by Gasteiger charge is -2.17. The monoisotopic (exact) mass is 468 g/mol. The maximum absolute atomic E-state index is 13.0. The summed E-state index contributed by atoms with van der Waals surface area (Å²) in [4.78, 5) is 13.0. The number of amides is 1. The molecule has 3 rings (SSSR count). The van der Waals surface area contributed by atoms with Crippen LogP contribution in [0, 0.1) is 13.8 Å². The minimum Gasteiger partial charge on any atom is -0.493 e. The first-order chi connectivity index (χ1) is 15.6. The van der Waals surface area contributed by atoms with Gasteiger partial charge in [-0.1, -0.05) is 24.3 Å². The van der Waals surface area contributed by atoms with Gasteiger partial charge >= 0.3 is 0 Å². The van der Waals surface area contributed by atoms with Crippen LogP contribution in [0.15, 0.2) is 65.6 Å². The van der Waals surface area contributed by atoms with E-state index in [0.717, 1.165) is 11.1 Å². The fraction of sp³-hybridized carbons (Fsp3) is 0.240. The summed E-state index contributed by atoms with van der Waals surface area (Å²) in [5.41, 5.74) is 3.01. The summed E-state index contributed by atoms with van der Waals surface area (Å²) in [5, 5.41) is 2.91. The second-order valence-corrected chi connectivity index (χ2v) is 9.42. The first-order valence-corrected chi connectivity index (χ1v) is 11.9. The highest BCUT2D eigenvalue weighted by Crippen LogP contribution is 2.30. The van der Waals surface area contributed by atoms with E-state index in [1.165, 1.54) is 6.07 Å². The molecule has 0 aliphatic carbocycles. The second kappa shape index (κ2) is 9.95. The van der Waals surface area contributed by atoms with E-state index in [1.807, 2.05) is 26.0 Å². The van der Waals surface area contributed by atoms with E-state index in [0.29, 0.717) is 22.7 Å². The Balaban J connectivity index is 1.83. The Hall–Kier alpha value is -3.52. The number of rotatable bonds is 8. The fourth-order valence-electron chi connectivity index (χ4n) is 3.43. The van der Waals surface area contributed by atoms with E-state index in [-0.39, 0.29) is 22.4 Å². The number of ether oxygens (including phenoxy) is 2. The molecule has 3 aromatic carbocycles. The van der Waals surface area contributed by atoms with Crippen LogP contribution in [0.2, 0.25) is 0 Å². The zero-order valence-corrected chi connectivity index (χ0v) is 20.1. The lowest BCUT2D eigenvalue weighted by atomic mass is 10.1. The van der Waals surface area contributed by atoms with Crippen LogP contribution >= 0.6 is 0 Å². The molecule has 8 heteroatoms. The third-order valence-corrected chi connectivity index (χ3v) is 6.79. The van der Waals surface area contributed by atoms with Gasteiger partial charge in [0.05, 0.1) is 25.2 Å². The molecule has 1 atom stereocenters. The molecule has 1 amide bonds. The Morgan fingerprint density at radius 3 is 2.30 bits per heavy atom. The van der Waals surface area contributed by atoms with Crippen molar-refractivity contribution in [2.45, 2.75) is 31.7 Å². The Morgan fingerprint density at radius 2 is 1.64 bits per heavy atom. The van der Waals surface area contributed by atoms with E-state index < -0.39 is 10.0 Å². The molecular weight excluding hydrogens is 440 g/mol. The van der Waals surface area contributed by atoms with Crippen LogP contribution in [0.3, 0.4) is 0 Å². The maximum atomic E-state index is 13.0. The Bertz CT molecular complexity index is 1270. The molecule has 0 aliphatic heterocycles. The molecule has 0 radical (unpaired) electrons. The van der Waals surface area contributed by atoms with Gasteiger partial charge in [0.2, 0.25) is 0 Å². The van der Waals surface area contributed by atoms with Crippen molar-refractivity contribution in [3.05, 3.63) is 82.9 Å². The van der Waals surface area contributed by atoms with Gasteiger partial charge in [0.25, 0.3) is 15.9 Å². The van der Waals surface area contributed by atoms with Gasteiger partial charge in [-0.15, -0.1) is 0 Å². The number of methoxy groups -OCH3 is 2. The van der Waals surface area contributed by atoms with Gasteiger partial charge in [-0.3, -0.25) is 9.52 Å². The van der Waals surface area contributed by atoms with Crippen molar-refractivity contribution in [3.63, 3.8) is 0 Å². The Kier molecular flexibility index (Phi) is 7.28. The lowest BCUT2D eigenvalue weighted by Crippen LogP contribution is -2.27. The number of aryl methyl sites for hydroxylation is 2. The molecule has 0 saturated carbocycles. The van der Waals surface area contributed by atoms with Crippen LogP contribution < -0.4 is 19.5 Å². The third kappa shape index (κ3) is 5.64. The first-order valence-electron chi connectivity index (χ1n) is 10.4. The lowest BCUT2D eigenvalue weighted by molar-refractivity contribution is 0.0939. The van der Waals surface area contributed by atoms with Gasteiger partial charge < -0.3 is 14.8 Å². The number of benzene rings is 3. The highest BCUT2D eigenvalue weighted by Gasteiger charge is 2.21. The summed E-state index contributed by atoms with van der Waals surface area (Å²) < 4.78 is 39.2. The molecule has 0 unspecified atom stereocenters. The van der Waals surface area contributed by atoms with E-state index in [2.05, 4.69) is 10.0 Å². The summed E-state index contributed by atoms with van der Waals surface area (Å²) >= 11 is 0. The summed E-state index contributed by atoms with van der Waals surface area (Å²) in [5.74, 6) is 0.764. The Labute approximate surface area is 194 Å². The molecular formula is C25H28N2O5S. The maximum Gasteiger partial charge on any atom is 0.262 e. The van der Waals surface area contributed by atoms with Gasteiger partial charge in [-0.2, -0.15) is 0 Å². The van der Waals surface area contributed by atoms with E-state index in [9.17, 15) is 13.2 Å². The third-order valence-electron chi connectivity index (χ3n) is 5.27. The summed E-state index contributed by atoms with van der Waals surface area (Å²) in [6, 6.07) is 16.8. The summed E-state index contributed by atoms with van der Waals surface area (Å²) in [7, 11) is -0.774. The van der Waals surface area contributed by atoms with Gasteiger partial charge in [0, 0.05) is 11.3 Å². The molecule has 0 aliphatic rings. The molecule has 0 aromatic heterocycles. The molecule has 33 heavy (non-hydrogen) atoms. The number of nitrogens with one attached hydrogen (secondary N) is 2. The highest BCUT2D eigenvalue weighted by molar-refractivity contribution is 7.92. The van der Waals surface area contributed by atoms with E-state index >= 15 is 0 Å². The SMILES string of the molecule is COc1ccc([C@@H](C)NC(=O)c2ccc(C)c(S(=O)(=O)Nc3cccc(C)c3)c2)cc1OC. The van der Waals surface area contributed by atoms with Crippen molar-refractivity contribution in [3.8, 4) is 11.5 Å². The highest BCUT2D eigenvalue weighted by atomic mass is 32.2. The molecule has 0 bridgehead atoms. The summed E-state index contributed by atoms with van der Waals surface area (Å²) in [6.07, 6.45) is 0. The normalized spacial score (nSPS) is 12.0. The van der Waals surface area contributed by atoms with E-state index in [4.69, 9.17) is 9.47 Å². The average molecular weight is 469 g/mol. The number of hydrogen-bond donors (Lipinski definition) is 2. The number of carbonyl (C=O) groups excluding carboxylic acids is 1. The van der Waals surface area contributed by atoms with Crippen molar-refractivity contribution in [2.75, 3.05) is 18.9 Å². The van der Waals surface area contributed by atoms with Crippen molar-refractivity contribution in [1.29, 1.82) is 0 Å². The fourth-order valence-corrected chi connectivity index (χ4v) is 4.76. The van der Waals surface area contributed by atoms with Gasteiger partial charge in [0.15, 0.2) is 11.5 Å². The van der Waals surface area contributed by atoms with E-state index in [1.54, 1.807) is 63.6 Å². The van der Waals surface area contributed by atoms with Crippen molar-refractivity contribution < 1.29 is 22.7 Å². The smallest absolute Gasteiger partial charge is 0.262 e. The largest absolute Gasteiger partial charge is 0.493 e. The van der Waals surface area contributed by atoms with Crippen LogP contribution in [0.5, 0.6) is 11.5 Å². The minimum absolute atomic E-state index is 0.0513.